The summed E-state index contributed by atoms with van der Waals surface area (Å²) in [5, 5.41) is 3.31. The van der Waals surface area contributed by atoms with Crippen LogP contribution < -0.4 is 10.9 Å². The van der Waals surface area contributed by atoms with Gasteiger partial charge in [-0.1, -0.05) is 26.7 Å². The Bertz CT molecular complexity index is 405. The lowest BCUT2D eigenvalue weighted by Crippen LogP contribution is -2.21. The van der Waals surface area contributed by atoms with Crippen LogP contribution in [0, 0.1) is 0 Å². The fourth-order valence-corrected chi connectivity index (χ4v) is 2.10. The topological polar surface area (TPSA) is 57.8 Å². The highest BCUT2D eigenvalue weighted by molar-refractivity contribution is 5.28. The summed E-state index contributed by atoms with van der Waals surface area (Å²) in [6, 6.07) is 2.05. The minimum Gasteiger partial charge on any atom is -0.353 e. The first-order valence-corrected chi connectivity index (χ1v) is 6.03. The molecule has 0 spiro atoms. The van der Waals surface area contributed by atoms with Crippen LogP contribution in [0.4, 0.5) is 5.95 Å². The minimum absolute atomic E-state index is 0.0702. The van der Waals surface area contributed by atoms with E-state index in [1.165, 1.54) is 25.7 Å². The molecule has 0 aliphatic heterocycles. The highest BCUT2D eigenvalue weighted by Crippen LogP contribution is 2.20. The second-order valence-electron chi connectivity index (χ2n) is 4.80. The Kier molecular flexibility index (Phi) is 3.27. The van der Waals surface area contributed by atoms with E-state index in [4.69, 9.17) is 0 Å². The Morgan fingerprint density at radius 2 is 2.12 bits per heavy atom. The standard InChI is InChI=1S/C12H19N3O/c1-8(2)10-7-11(16)15-12(14-10)13-9-5-3-4-6-9/h7-9H,3-6H2,1-2H3,(H2,13,14,15,16). The minimum atomic E-state index is -0.0702. The molecule has 0 atom stereocenters. The second-order valence-corrected chi connectivity index (χ2v) is 4.80. The van der Waals surface area contributed by atoms with E-state index < -0.39 is 0 Å². The van der Waals surface area contributed by atoms with Gasteiger partial charge < -0.3 is 5.32 Å². The molecule has 88 valence electrons. The van der Waals surface area contributed by atoms with Gasteiger partial charge in [0.15, 0.2) is 0 Å². The van der Waals surface area contributed by atoms with Crippen molar-refractivity contribution in [1.29, 1.82) is 0 Å². The number of hydrogen-bond acceptors (Lipinski definition) is 3. The van der Waals surface area contributed by atoms with Crippen LogP contribution in [0.2, 0.25) is 0 Å². The molecule has 1 heterocycles. The Balaban J connectivity index is 2.16. The van der Waals surface area contributed by atoms with Gasteiger partial charge in [0.25, 0.3) is 5.56 Å². The molecule has 1 aliphatic rings. The predicted molar refractivity (Wildman–Crippen MR) is 64.8 cm³/mol. The lowest BCUT2D eigenvalue weighted by molar-refractivity contribution is 0.734. The molecule has 16 heavy (non-hydrogen) atoms. The quantitative estimate of drug-likeness (QED) is 0.823. The summed E-state index contributed by atoms with van der Waals surface area (Å²) in [6.07, 6.45) is 4.89. The smallest absolute Gasteiger partial charge is 0.252 e. The summed E-state index contributed by atoms with van der Waals surface area (Å²) in [4.78, 5) is 18.6. The summed E-state index contributed by atoms with van der Waals surface area (Å²) in [5.74, 6) is 0.912. The molecule has 0 radical (unpaired) electrons. The lowest BCUT2D eigenvalue weighted by atomic mass is 10.1. The number of rotatable bonds is 3. The molecular weight excluding hydrogens is 202 g/mol. The van der Waals surface area contributed by atoms with E-state index in [-0.39, 0.29) is 11.5 Å². The molecular formula is C12H19N3O. The fraction of sp³-hybridized carbons (Fsp3) is 0.667. The van der Waals surface area contributed by atoms with E-state index in [9.17, 15) is 4.79 Å². The van der Waals surface area contributed by atoms with Crippen LogP contribution in [0.1, 0.15) is 51.1 Å². The molecule has 0 bridgehead atoms. The largest absolute Gasteiger partial charge is 0.353 e. The van der Waals surface area contributed by atoms with Gasteiger partial charge >= 0.3 is 0 Å². The number of aromatic nitrogens is 2. The molecule has 2 rings (SSSR count). The van der Waals surface area contributed by atoms with Crippen LogP contribution in [0.5, 0.6) is 0 Å². The molecule has 4 nitrogen and oxygen atoms in total. The number of H-pyrrole nitrogens is 1. The first-order valence-electron chi connectivity index (χ1n) is 6.03. The molecule has 2 N–H and O–H groups in total. The highest BCUT2D eigenvalue weighted by Gasteiger charge is 2.15. The van der Waals surface area contributed by atoms with Gasteiger partial charge in [-0.05, 0) is 18.8 Å². The van der Waals surface area contributed by atoms with Crippen LogP contribution in [0.3, 0.4) is 0 Å². The first-order chi connectivity index (χ1) is 7.65. The molecule has 1 aliphatic carbocycles. The Labute approximate surface area is 95.5 Å². The maximum atomic E-state index is 11.5. The molecule has 1 fully saturated rings. The second kappa shape index (κ2) is 4.68. The van der Waals surface area contributed by atoms with Gasteiger partial charge in [-0.25, -0.2) is 4.98 Å². The molecule has 1 aromatic rings. The summed E-state index contributed by atoms with van der Waals surface area (Å²) < 4.78 is 0. The SMILES string of the molecule is CC(C)c1cc(=O)[nH]c(NC2CCCC2)n1. The van der Waals surface area contributed by atoms with Gasteiger partial charge in [0.05, 0.1) is 5.69 Å². The number of nitrogens with zero attached hydrogens (tertiary/aromatic N) is 1. The van der Waals surface area contributed by atoms with E-state index in [2.05, 4.69) is 15.3 Å². The third-order valence-electron chi connectivity index (χ3n) is 3.05. The summed E-state index contributed by atoms with van der Waals surface area (Å²) >= 11 is 0. The predicted octanol–water partition coefficient (Wildman–Crippen LogP) is 2.25. The zero-order valence-electron chi connectivity index (χ0n) is 9.92. The van der Waals surface area contributed by atoms with Crippen molar-refractivity contribution in [2.24, 2.45) is 0 Å². The lowest BCUT2D eigenvalue weighted by Gasteiger charge is -2.13. The van der Waals surface area contributed by atoms with Crippen molar-refractivity contribution in [3.05, 3.63) is 22.1 Å². The number of aromatic amines is 1. The van der Waals surface area contributed by atoms with Crippen molar-refractivity contribution in [2.75, 3.05) is 5.32 Å². The fourth-order valence-electron chi connectivity index (χ4n) is 2.10. The molecule has 0 unspecified atom stereocenters. The summed E-state index contributed by atoms with van der Waals surface area (Å²) in [6.45, 7) is 4.09. The molecule has 0 aromatic carbocycles. The van der Waals surface area contributed by atoms with Gasteiger partial charge in [0.1, 0.15) is 0 Å². The number of anilines is 1. The first kappa shape index (κ1) is 11.2. The van der Waals surface area contributed by atoms with Crippen LogP contribution in [0.25, 0.3) is 0 Å². The van der Waals surface area contributed by atoms with Crippen molar-refractivity contribution < 1.29 is 0 Å². The molecule has 1 saturated carbocycles. The van der Waals surface area contributed by atoms with Crippen LogP contribution in [-0.4, -0.2) is 16.0 Å². The third kappa shape index (κ3) is 2.62. The van der Waals surface area contributed by atoms with Crippen molar-refractivity contribution in [1.82, 2.24) is 9.97 Å². The van der Waals surface area contributed by atoms with Gasteiger partial charge in [-0.15, -0.1) is 0 Å². The monoisotopic (exact) mass is 221 g/mol. The van der Waals surface area contributed by atoms with E-state index >= 15 is 0 Å². The number of nitrogens with one attached hydrogen (secondary N) is 2. The number of hydrogen-bond donors (Lipinski definition) is 2. The van der Waals surface area contributed by atoms with Crippen LogP contribution in [-0.2, 0) is 0 Å². The van der Waals surface area contributed by atoms with Crippen molar-refractivity contribution in [3.63, 3.8) is 0 Å². The summed E-state index contributed by atoms with van der Waals surface area (Å²) in [7, 11) is 0. The average Bonchev–Trinajstić information content (AvgIpc) is 2.69. The van der Waals surface area contributed by atoms with E-state index in [1.54, 1.807) is 6.07 Å². The van der Waals surface area contributed by atoms with Crippen molar-refractivity contribution in [3.8, 4) is 0 Å². The highest BCUT2D eigenvalue weighted by atomic mass is 16.1. The molecule has 1 aromatic heterocycles. The third-order valence-corrected chi connectivity index (χ3v) is 3.05. The van der Waals surface area contributed by atoms with E-state index in [1.807, 2.05) is 13.8 Å². The Hall–Kier alpha value is -1.32. The van der Waals surface area contributed by atoms with Crippen molar-refractivity contribution >= 4 is 5.95 Å². The zero-order chi connectivity index (χ0) is 11.5. The normalized spacial score (nSPS) is 16.9. The Morgan fingerprint density at radius 1 is 1.44 bits per heavy atom. The van der Waals surface area contributed by atoms with Crippen LogP contribution >= 0.6 is 0 Å². The molecule has 0 saturated heterocycles. The maximum absolute atomic E-state index is 11.5. The van der Waals surface area contributed by atoms with E-state index in [0.29, 0.717) is 12.0 Å². The average molecular weight is 221 g/mol. The van der Waals surface area contributed by atoms with Gasteiger partial charge in [0, 0.05) is 12.1 Å². The van der Waals surface area contributed by atoms with Gasteiger partial charge in [-0.2, -0.15) is 0 Å². The maximum Gasteiger partial charge on any atom is 0.252 e. The van der Waals surface area contributed by atoms with Crippen molar-refractivity contribution in [2.45, 2.75) is 51.5 Å². The summed E-state index contributed by atoms with van der Waals surface area (Å²) in [5.41, 5.74) is 0.781. The Morgan fingerprint density at radius 3 is 2.75 bits per heavy atom. The zero-order valence-corrected chi connectivity index (χ0v) is 9.92. The van der Waals surface area contributed by atoms with E-state index in [0.717, 1.165) is 5.69 Å². The van der Waals surface area contributed by atoms with Crippen LogP contribution in [0.15, 0.2) is 10.9 Å². The molecule has 4 heteroatoms. The van der Waals surface area contributed by atoms with Gasteiger partial charge in [-0.3, -0.25) is 9.78 Å². The van der Waals surface area contributed by atoms with Gasteiger partial charge in [0.2, 0.25) is 5.95 Å². The molecule has 0 amide bonds.